The second-order valence-electron chi connectivity index (χ2n) is 3.64. The van der Waals surface area contributed by atoms with Crippen LogP contribution in [0, 0.1) is 0 Å². The maximum Gasteiger partial charge on any atom is 0.307 e. The highest BCUT2D eigenvalue weighted by atomic mass is 35.5. The molecule has 2 rings (SSSR count). The normalized spacial score (nSPS) is 10.6. The topological polar surface area (TPSA) is 37.3 Å². The van der Waals surface area contributed by atoms with Crippen molar-refractivity contribution in [1.29, 1.82) is 0 Å². The summed E-state index contributed by atoms with van der Waals surface area (Å²) >= 11 is 5.87. The van der Waals surface area contributed by atoms with E-state index in [0.717, 1.165) is 21.9 Å². The molecule has 0 fully saturated rings. The van der Waals surface area contributed by atoms with Gasteiger partial charge in [-0.05, 0) is 21.9 Å². The predicted octanol–water partition coefficient (Wildman–Crippen LogP) is 3.21. The van der Waals surface area contributed by atoms with Crippen LogP contribution in [0.1, 0.15) is 11.1 Å². The van der Waals surface area contributed by atoms with Crippen molar-refractivity contribution in [2.75, 3.05) is 0 Å². The Balaban J connectivity index is 2.68. The van der Waals surface area contributed by atoms with Crippen LogP contribution in [-0.2, 0) is 17.1 Å². The van der Waals surface area contributed by atoms with E-state index in [1.54, 1.807) is 0 Å². The molecule has 0 spiro atoms. The number of alkyl halides is 1. The Labute approximate surface area is 98.5 Å². The van der Waals surface area contributed by atoms with Crippen molar-refractivity contribution in [3.8, 4) is 0 Å². The van der Waals surface area contributed by atoms with Gasteiger partial charge in [0.15, 0.2) is 0 Å². The van der Waals surface area contributed by atoms with Crippen molar-refractivity contribution in [1.82, 2.24) is 0 Å². The van der Waals surface area contributed by atoms with Gasteiger partial charge in [0, 0.05) is 5.88 Å². The van der Waals surface area contributed by atoms with E-state index in [9.17, 15) is 4.79 Å². The maximum absolute atomic E-state index is 10.8. The van der Waals surface area contributed by atoms with E-state index in [2.05, 4.69) is 0 Å². The van der Waals surface area contributed by atoms with Crippen LogP contribution < -0.4 is 0 Å². The Morgan fingerprint density at radius 1 is 1.12 bits per heavy atom. The van der Waals surface area contributed by atoms with Crippen LogP contribution in [0.5, 0.6) is 0 Å². The molecule has 1 N–H and O–H groups in total. The number of carbonyl (C=O) groups is 1. The Bertz CT molecular complexity index is 529. The van der Waals surface area contributed by atoms with E-state index >= 15 is 0 Å². The van der Waals surface area contributed by atoms with E-state index in [1.165, 1.54) is 0 Å². The first-order valence-corrected chi connectivity index (χ1v) is 5.53. The molecule has 0 saturated carbocycles. The minimum absolute atomic E-state index is 0.0330. The van der Waals surface area contributed by atoms with Crippen LogP contribution in [-0.4, -0.2) is 11.1 Å². The van der Waals surface area contributed by atoms with Crippen LogP contribution in [0.25, 0.3) is 10.8 Å². The molecule has 16 heavy (non-hydrogen) atoms. The molecule has 2 nitrogen and oxygen atoms in total. The molecule has 0 aromatic heterocycles. The molecular formula is C13H11ClO2. The zero-order chi connectivity index (χ0) is 11.5. The Kier molecular flexibility index (Phi) is 3.11. The van der Waals surface area contributed by atoms with Gasteiger partial charge in [-0.25, -0.2) is 0 Å². The van der Waals surface area contributed by atoms with Crippen molar-refractivity contribution in [2.24, 2.45) is 0 Å². The van der Waals surface area contributed by atoms with Crippen molar-refractivity contribution >= 4 is 28.3 Å². The summed E-state index contributed by atoms with van der Waals surface area (Å²) in [6.45, 7) is 0. The minimum atomic E-state index is -0.822. The van der Waals surface area contributed by atoms with Gasteiger partial charge in [-0.15, -0.1) is 11.6 Å². The second-order valence-corrected chi connectivity index (χ2v) is 3.90. The monoisotopic (exact) mass is 234 g/mol. The number of benzene rings is 2. The zero-order valence-corrected chi connectivity index (χ0v) is 9.37. The van der Waals surface area contributed by atoms with Crippen molar-refractivity contribution in [2.45, 2.75) is 12.3 Å². The van der Waals surface area contributed by atoms with E-state index in [4.69, 9.17) is 16.7 Å². The lowest BCUT2D eigenvalue weighted by atomic mass is 9.98. The third-order valence-corrected chi connectivity index (χ3v) is 2.85. The Morgan fingerprint density at radius 2 is 1.75 bits per heavy atom. The summed E-state index contributed by atoms with van der Waals surface area (Å²) in [5.41, 5.74) is 1.80. The van der Waals surface area contributed by atoms with E-state index in [1.807, 2.05) is 36.4 Å². The highest BCUT2D eigenvalue weighted by Crippen LogP contribution is 2.24. The van der Waals surface area contributed by atoms with Gasteiger partial charge in [-0.3, -0.25) is 4.79 Å². The van der Waals surface area contributed by atoms with Crippen molar-refractivity contribution in [3.63, 3.8) is 0 Å². The molecule has 0 aliphatic rings. The van der Waals surface area contributed by atoms with E-state index in [0.29, 0.717) is 5.88 Å². The minimum Gasteiger partial charge on any atom is -0.481 e. The van der Waals surface area contributed by atoms with Gasteiger partial charge < -0.3 is 5.11 Å². The highest BCUT2D eigenvalue weighted by molar-refractivity contribution is 6.18. The standard InChI is InChI=1S/C13H11ClO2/c14-8-11-6-2-4-9-3-1-5-10(13(9)11)7-12(15)16/h1-6H,7-8H2,(H,15,16). The van der Waals surface area contributed by atoms with Crippen LogP contribution in [0.2, 0.25) is 0 Å². The number of halogens is 1. The Morgan fingerprint density at radius 3 is 2.31 bits per heavy atom. The van der Waals surface area contributed by atoms with Gasteiger partial charge in [-0.2, -0.15) is 0 Å². The van der Waals surface area contributed by atoms with Gasteiger partial charge in [0.25, 0.3) is 0 Å². The molecule has 3 heteroatoms. The number of carboxylic acid groups (broad SMARTS) is 1. The van der Waals surface area contributed by atoms with Gasteiger partial charge >= 0.3 is 5.97 Å². The summed E-state index contributed by atoms with van der Waals surface area (Å²) in [7, 11) is 0. The highest BCUT2D eigenvalue weighted by Gasteiger charge is 2.08. The molecule has 0 aliphatic heterocycles. The predicted molar refractivity (Wildman–Crippen MR) is 64.8 cm³/mol. The molecule has 0 heterocycles. The fourth-order valence-corrected chi connectivity index (χ4v) is 2.15. The van der Waals surface area contributed by atoms with Crippen LogP contribution in [0.15, 0.2) is 36.4 Å². The molecule has 2 aromatic carbocycles. The summed E-state index contributed by atoms with van der Waals surface area (Å²) in [6.07, 6.45) is 0.0330. The third-order valence-electron chi connectivity index (χ3n) is 2.56. The van der Waals surface area contributed by atoms with Gasteiger partial charge in [0.1, 0.15) is 0 Å². The summed E-state index contributed by atoms with van der Waals surface area (Å²) in [5.74, 6) is -0.426. The van der Waals surface area contributed by atoms with Crippen LogP contribution in [0.4, 0.5) is 0 Å². The smallest absolute Gasteiger partial charge is 0.307 e. The van der Waals surface area contributed by atoms with Crippen LogP contribution in [0.3, 0.4) is 0 Å². The van der Waals surface area contributed by atoms with Gasteiger partial charge in [0.2, 0.25) is 0 Å². The van der Waals surface area contributed by atoms with Gasteiger partial charge in [0.05, 0.1) is 6.42 Å². The van der Waals surface area contributed by atoms with E-state index < -0.39 is 5.97 Å². The summed E-state index contributed by atoms with van der Waals surface area (Å²) in [5, 5.41) is 10.9. The van der Waals surface area contributed by atoms with Gasteiger partial charge in [-0.1, -0.05) is 36.4 Å². The second kappa shape index (κ2) is 4.54. The average molecular weight is 235 g/mol. The molecular weight excluding hydrogens is 224 g/mol. The molecule has 0 unspecified atom stereocenters. The number of fused-ring (bicyclic) bond motifs is 1. The molecule has 0 atom stereocenters. The fraction of sp³-hybridized carbons (Fsp3) is 0.154. The molecule has 0 bridgehead atoms. The van der Waals surface area contributed by atoms with E-state index in [-0.39, 0.29) is 6.42 Å². The zero-order valence-electron chi connectivity index (χ0n) is 8.61. The molecule has 0 aliphatic carbocycles. The number of aliphatic carboxylic acids is 1. The fourth-order valence-electron chi connectivity index (χ4n) is 1.92. The molecule has 0 amide bonds. The Hall–Kier alpha value is -1.54. The first kappa shape index (κ1) is 11.0. The first-order valence-electron chi connectivity index (χ1n) is 4.99. The summed E-state index contributed by atoms with van der Waals surface area (Å²) < 4.78 is 0. The third kappa shape index (κ3) is 2.02. The first-order chi connectivity index (χ1) is 7.72. The lowest BCUT2D eigenvalue weighted by molar-refractivity contribution is -0.136. The lowest BCUT2D eigenvalue weighted by Gasteiger charge is -2.08. The quantitative estimate of drug-likeness (QED) is 0.828. The number of carboxylic acids is 1. The molecule has 2 aromatic rings. The number of rotatable bonds is 3. The number of hydrogen-bond acceptors (Lipinski definition) is 1. The molecule has 0 radical (unpaired) electrons. The van der Waals surface area contributed by atoms with Crippen LogP contribution >= 0.6 is 11.6 Å². The summed E-state index contributed by atoms with van der Waals surface area (Å²) in [6, 6.07) is 11.5. The van der Waals surface area contributed by atoms with Crippen molar-refractivity contribution < 1.29 is 9.90 Å². The maximum atomic E-state index is 10.8. The SMILES string of the molecule is O=C(O)Cc1cccc2cccc(CCl)c12. The molecule has 0 saturated heterocycles. The van der Waals surface area contributed by atoms with Crippen molar-refractivity contribution in [3.05, 3.63) is 47.5 Å². The lowest BCUT2D eigenvalue weighted by Crippen LogP contribution is -2.01. The molecule has 82 valence electrons. The average Bonchev–Trinajstić information content (AvgIpc) is 2.28. The summed E-state index contributed by atoms with van der Waals surface area (Å²) in [4.78, 5) is 10.8. The largest absolute Gasteiger partial charge is 0.481 e. The number of hydrogen-bond donors (Lipinski definition) is 1.